The van der Waals surface area contributed by atoms with Crippen molar-refractivity contribution in [2.45, 2.75) is 12.7 Å². The average Bonchev–Trinajstić information content (AvgIpc) is 3.31. The van der Waals surface area contributed by atoms with Crippen LogP contribution in [0.4, 0.5) is 28.9 Å². The highest BCUT2D eigenvalue weighted by Gasteiger charge is 2.34. The molecule has 0 spiro atoms. The Bertz CT molecular complexity index is 1680. The number of thiazole rings is 1. The molecule has 0 aliphatic heterocycles. The van der Waals surface area contributed by atoms with Crippen molar-refractivity contribution in [3.8, 4) is 11.3 Å². The first kappa shape index (κ1) is 26.1. The maximum absolute atomic E-state index is 13.9. The van der Waals surface area contributed by atoms with Gasteiger partial charge in [0.05, 0.1) is 23.5 Å². The van der Waals surface area contributed by atoms with Crippen LogP contribution in [0.1, 0.15) is 21.5 Å². The fourth-order valence-corrected chi connectivity index (χ4v) is 4.92. The molecule has 0 saturated carbocycles. The lowest BCUT2D eigenvalue weighted by Gasteiger charge is -2.15. The van der Waals surface area contributed by atoms with Crippen molar-refractivity contribution in [1.82, 2.24) is 9.55 Å². The smallest absolute Gasteiger partial charge is 0.322 e. The minimum Gasteiger partial charge on any atom is -0.322 e. The Hall–Kier alpha value is -4.57. The van der Waals surface area contributed by atoms with E-state index in [0.717, 1.165) is 11.6 Å². The van der Waals surface area contributed by atoms with Gasteiger partial charge < -0.3 is 9.88 Å². The quantitative estimate of drug-likeness (QED) is 0.226. The molecule has 5 rings (SSSR count). The van der Waals surface area contributed by atoms with Crippen LogP contribution < -0.4 is 10.1 Å². The maximum atomic E-state index is 13.9. The number of nitrogens with zero attached hydrogens (tertiary/aromatic N) is 3. The van der Waals surface area contributed by atoms with Crippen LogP contribution in [-0.4, -0.2) is 15.5 Å². The first-order valence-corrected chi connectivity index (χ1v) is 12.6. The third-order valence-electron chi connectivity index (χ3n) is 5.83. The van der Waals surface area contributed by atoms with Gasteiger partial charge in [0.2, 0.25) is 0 Å². The van der Waals surface area contributed by atoms with E-state index >= 15 is 0 Å². The molecule has 0 bridgehead atoms. The van der Waals surface area contributed by atoms with Crippen molar-refractivity contribution in [1.29, 1.82) is 0 Å². The van der Waals surface area contributed by atoms with Crippen molar-refractivity contribution in [3.63, 3.8) is 0 Å². The van der Waals surface area contributed by atoms with E-state index in [2.05, 4.69) is 15.3 Å². The molecule has 2 aromatic heterocycles. The molecule has 0 aliphatic rings. The largest absolute Gasteiger partial charge is 0.417 e. The van der Waals surface area contributed by atoms with Crippen molar-refractivity contribution in [2.75, 3.05) is 5.32 Å². The number of carbonyl (C=O) groups excluding carboxylic acids is 1. The lowest BCUT2D eigenvalue weighted by molar-refractivity contribution is -0.137. The van der Waals surface area contributed by atoms with E-state index in [1.54, 1.807) is 46.3 Å². The summed E-state index contributed by atoms with van der Waals surface area (Å²) in [6.07, 6.45) is -1.52. The summed E-state index contributed by atoms with van der Waals surface area (Å²) in [5, 5.41) is 4.46. The van der Waals surface area contributed by atoms with E-state index in [1.165, 1.54) is 60.1 Å². The Morgan fingerprint density at radius 2 is 1.69 bits per heavy atom. The second-order valence-electron chi connectivity index (χ2n) is 8.51. The zero-order valence-corrected chi connectivity index (χ0v) is 21.0. The Morgan fingerprint density at radius 3 is 2.44 bits per heavy atom. The van der Waals surface area contributed by atoms with Crippen LogP contribution in [0.25, 0.3) is 11.3 Å². The summed E-state index contributed by atoms with van der Waals surface area (Å²) in [6, 6.07) is 21.1. The summed E-state index contributed by atoms with van der Waals surface area (Å²) in [5.41, 5.74) is 1.74. The first-order valence-electron chi connectivity index (χ1n) is 11.7. The molecule has 0 unspecified atom stereocenters. The number of carbonyl (C=O) groups is 1. The first-order chi connectivity index (χ1) is 18.8. The fraction of sp³-hybridized carbons (Fsp3) is 0.0690. The zero-order valence-electron chi connectivity index (χ0n) is 20.2. The maximum Gasteiger partial charge on any atom is 0.417 e. The van der Waals surface area contributed by atoms with E-state index in [4.69, 9.17) is 0 Å². The van der Waals surface area contributed by atoms with Crippen molar-refractivity contribution < 1.29 is 22.4 Å². The summed E-state index contributed by atoms with van der Waals surface area (Å²) in [4.78, 5) is 21.5. The van der Waals surface area contributed by atoms with Crippen LogP contribution in [0.15, 0.2) is 108 Å². The van der Waals surface area contributed by atoms with Gasteiger partial charge in [0.15, 0.2) is 4.80 Å². The van der Waals surface area contributed by atoms with Gasteiger partial charge in [-0.25, -0.2) is 9.38 Å². The third-order valence-corrected chi connectivity index (χ3v) is 6.69. The summed E-state index contributed by atoms with van der Waals surface area (Å²) >= 11 is 1.18. The van der Waals surface area contributed by atoms with Crippen LogP contribution in [0.5, 0.6) is 0 Å². The van der Waals surface area contributed by atoms with Gasteiger partial charge in [-0.05, 0) is 60.2 Å². The average molecular weight is 549 g/mol. The molecule has 10 heteroatoms. The molecule has 2 heterocycles. The normalized spacial score (nSPS) is 11.9. The summed E-state index contributed by atoms with van der Waals surface area (Å²) in [5.74, 6) is -0.733. The molecule has 0 saturated heterocycles. The molecule has 1 N–H and O–H groups in total. The van der Waals surface area contributed by atoms with E-state index in [9.17, 15) is 22.4 Å². The lowest BCUT2D eigenvalue weighted by atomic mass is 10.0. The Morgan fingerprint density at radius 1 is 0.949 bits per heavy atom. The number of amides is 1. The third kappa shape index (κ3) is 6.12. The predicted molar refractivity (Wildman–Crippen MR) is 142 cm³/mol. The Balaban J connectivity index is 1.56. The van der Waals surface area contributed by atoms with Crippen molar-refractivity contribution >= 4 is 28.6 Å². The Labute approximate surface area is 224 Å². The minimum absolute atomic E-state index is 0.0175. The van der Waals surface area contributed by atoms with Gasteiger partial charge in [-0.3, -0.25) is 9.78 Å². The van der Waals surface area contributed by atoms with Gasteiger partial charge in [0, 0.05) is 34.6 Å². The van der Waals surface area contributed by atoms with Crippen LogP contribution in [-0.2, 0) is 12.7 Å². The molecule has 196 valence electrons. The number of hydrogen-bond donors (Lipinski definition) is 1. The van der Waals surface area contributed by atoms with Crippen molar-refractivity contribution in [2.24, 2.45) is 4.99 Å². The van der Waals surface area contributed by atoms with Gasteiger partial charge >= 0.3 is 6.18 Å². The highest BCUT2D eigenvalue weighted by atomic mass is 32.1. The minimum atomic E-state index is -4.55. The highest BCUT2D eigenvalue weighted by molar-refractivity contribution is 7.07. The van der Waals surface area contributed by atoms with Crippen LogP contribution >= 0.6 is 11.3 Å². The van der Waals surface area contributed by atoms with Gasteiger partial charge in [-0.15, -0.1) is 11.3 Å². The zero-order chi connectivity index (χ0) is 27.4. The molecular formula is C29H20F4N4OS. The van der Waals surface area contributed by atoms with Crippen LogP contribution in [0.2, 0.25) is 0 Å². The summed E-state index contributed by atoms with van der Waals surface area (Å²) in [6.45, 7) is 0.171. The second-order valence-corrected chi connectivity index (χ2v) is 9.35. The second kappa shape index (κ2) is 11.0. The van der Waals surface area contributed by atoms with Crippen molar-refractivity contribution in [3.05, 3.63) is 130 Å². The van der Waals surface area contributed by atoms with Gasteiger partial charge in [0.1, 0.15) is 5.82 Å². The molecular weight excluding hydrogens is 528 g/mol. The SMILES string of the molecule is O=C(Nc1cccc(Cn2c(-c3ccccc3C(F)(F)F)csc2=Nc2ccc(F)cc2)c1)c1ccncc1. The molecule has 0 fully saturated rings. The molecule has 5 nitrogen and oxygen atoms in total. The van der Waals surface area contributed by atoms with Gasteiger partial charge in [0.25, 0.3) is 5.91 Å². The number of rotatable bonds is 6. The Kier molecular flexibility index (Phi) is 7.38. The summed E-state index contributed by atoms with van der Waals surface area (Å²) in [7, 11) is 0. The number of nitrogens with one attached hydrogen (secondary N) is 1. The molecule has 0 aliphatic carbocycles. The van der Waals surface area contributed by atoms with E-state index in [-0.39, 0.29) is 18.0 Å². The highest BCUT2D eigenvalue weighted by Crippen LogP contribution is 2.37. The van der Waals surface area contributed by atoms with Crippen LogP contribution in [0.3, 0.4) is 0 Å². The number of pyridine rings is 1. The molecule has 1 amide bonds. The van der Waals surface area contributed by atoms with Gasteiger partial charge in [-0.1, -0.05) is 30.3 Å². The monoisotopic (exact) mass is 548 g/mol. The molecule has 5 aromatic rings. The molecule has 39 heavy (non-hydrogen) atoms. The van der Waals surface area contributed by atoms with Gasteiger partial charge in [-0.2, -0.15) is 13.2 Å². The van der Waals surface area contributed by atoms with E-state index < -0.39 is 17.6 Å². The molecule has 0 atom stereocenters. The number of halogens is 4. The summed E-state index contributed by atoms with van der Waals surface area (Å²) < 4.78 is 56.8. The predicted octanol–water partition coefficient (Wildman–Crippen LogP) is 7.30. The fourth-order valence-electron chi connectivity index (χ4n) is 4.00. The topological polar surface area (TPSA) is 59.3 Å². The number of benzene rings is 3. The molecule has 3 aromatic carbocycles. The number of anilines is 1. The standard InChI is InChI=1S/C29H20F4N4OS/c30-21-8-10-22(11-9-21)36-28-37(26(18-39-28)24-6-1-2-7-25(24)29(31,32)33)17-19-4-3-5-23(16-19)35-27(38)20-12-14-34-15-13-20/h1-16,18H,17H2,(H,35,38). The number of hydrogen-bond acceptors (Lipinski definition) is 4. The van der Waals surface area contributed by atoms with E-state index in [0.29, 0.717) is 27.4 Å². The van der Waals surface area contributed by atoms with E-state index in [1.807, 2.05) is 6.07 Å². The number of alkyl halides is 3. The van der Waals surface area contributed by atoms with Crippen LogP contribution in [0, 0.1) is 5.82 Å². The molecule has 0 radical (unpaired) electrons. The lowest BCUT2D eigenvalue weighted by Crippen LogP contribution is -2.18. The number of aromatic nitrogens is 2.